The van der Waals surface area contributed by atoms with Crippen LogP contribution in [0.2, 0.25) is 0 Å². The molecule has 0 aromatic carbocycles. The first-order valence-corrected chi connectivity index (χ1v) is 15.5. The van der Waals surface area contributed by atoms with Crippen molar-refractivity contribution in [2.45, 2.75) is 41.4 Å². The molecule has 0 spiro atoms. The average Bonchev–Trinajstić information content (AvgIpc) is 2.56. The molecule has 0 radical (unpaired) electrons. The monoisotopic (exact) mass is 552 g/mol. The smallest absolute Gasteiger partial charge is 0.268 e. The first-order chi connectivity index (χ1) is 13.1. The highest BCUT2D eigenvalue weighted by molar-refractivity contribution is 7.87. The van der Waals surface area contributed by atoms with Crippen LogP contribution >= 0.6 is 50.5 Å². The summed E-state index contributed by atoms with van der Waals surface area (Å²) < 4.78 is 99.3. The van der Waals surface area contributed by atoms with Crippen molar-refractivity contribution in [3.05, 3.63) is 0 Å². The summed E-state index contributed by atoms with van der Waals surface area (Å²) in [5.74, 6) is -1.96. The molecule has 0 amide bonds. The SMILES string of the molecule is O=S(=O)(O)C(CC(CS)C(CCS)S(=O)(=O)O)CC(CS)C(CCS)S(=O)(=O)O. The van der Waals surface area contributed by atoms with E-state index in [0.29, 0.717) is 0 Å². The quantitative estimate of drug-likeness (QED) is 0.117. The fourth-order valence-corrected chi connectivity index (χ4v) is 8.41. The summed E-state index contributed by atoms with van der Waals surface area (Å²) in [4.78, 5) is 0. The summed E-state index contributed by atoms with van der Waals surface area (Å²) in [6, 6.07) is 0. The zero-order valence-electron chi connectivity index (χ0n) is 15.3. The van der Waals surface area contributed by atoms with E-state index >= 15 is 0 Å². The summed E-state index contributed by atoms with van der Waals surface area (Å²) in [7, 11) is -13.8. The van der Waals surface area contributed by atoms with Crippen LogP contribution in [0.1, 0.15) is 25.7 Å². The molecule has 0 rings (SSSR count). The van der Waals surface area contributed by atoms with Crippen molar-refractivity contribution in [3.63, 3.8) is 0 Å². The number of hydrogen-bond donors (Lipinski definition) is 7. The van der Waals surface area contributed by atoms with Crippen LogP contribution in [0.4, 0.5) is 0 Å². The van der Waals surface area contributed by atoms with Crippen LogP contribution < -0.4 is 0 Å². The Hall–Kier alpha value is 1.13. The third kappa shape index (κ3) is 10.5. The van der Waals surface area contributed by atoms with Gasteiger partial charge >= 0.3 is 0 Å². The summed E-state index contributed by atoms with van der Waals surface area (Å²) in [6.07, 6.45) is -0.947. The van der Waals surface area contributed by atoms with Crippen LogP contribution in [0.25, 0.3) is 0 Å². The number of rotatable bonds is 15. The van der Waals surface area contributed by atoms with Gasteiger partial charge in [-0.3, -0.25) is 13.7 Å². The maximum atomic E-state index is 11.9. The van der Waals surface area contributed by atoms with Gasteiger partial charge in [0, 0.05) is 0 Å². The normalized spacial score (nSPS) is 18.7. The molecule has 16 heteroatoms. The first kappa shape index (κ1) is 30.1. The van der Waals surface area contributed by atoms with E-state index in [9.17, 15) is 38.9 Å². The Balaban J connectivity index is 5.92. The molecule has 0 aromatic rings. The Kier molecular flexibility index (Phi) is 13.5. The van der Waals surface area contributed by atoms with E-state index < -0.39 is 70.8 Å². The fourth-order valence-electron chi connectivity index (χ4n) is 3.21. The highest BCUT2D eigenvalue weighted by Crippen LogP contribution is 2.31. The minimum atomic E-state index is -4.72. The number of hydrogen-bond acceptors (Lipinski definition) is 10. The van der Waals surface area contributed by atoms with E-state index in [4.69, 9.17) is 0 Å². The lowest BCUT2D eigenvalue weighted by Gasteiger charge is -2.30. The van der Waals surface area contributed by atoms with E-state index in [1.54, 1.807) is 0 Å². The van der Waals surface area contributed by atoms with Crippen molar-refractivity contribution in [3.8, 4) is 0 Å². The summed E-state index contributed by atoms with van der Waals surface area (Å²) in [6.45, 7) is 0. The third-order valence-electron chi connectivity index (χ3n) is 4.67. The van der Waals surface area contributed by atoms with Crippen molar-refractivity contribution in [1.82, 2.24) is 0 Å². The highest BCUT2D eigenvalue weighted by atomic mass is 32.2. The van der Waals surface area contributed by atoms with Gasteiger partial charge in [0.05, 0.1) is 15.7 Å². The van der Waals surface area contributed by atoms with Gasteiger partial charge in [-0.1, -0.05) is 0 Å². The van der Waals surface area contributed by atoms with Gasteiger partial charge in [-0.25, -0.2) is 0 Å². The molecule has 0 aliphatic carbocycles. The largest absolute Gasteiger partial charge is 0.285 e. The van der Waals surface area contributed by atoms with Gasteiger partial charge in [0.15, 0.2) is 0 Å². The molecule has 3 N–H and O–H groups in total. The Morgan fingerprint density at radius 3 is 1.07 bits per heavy atom. The molecule has 0 saturated heterocycles. The van der Waals surface area contributed by atoms with Crippen LogP contribution in [-0.2, 0) is 30.4 Å². The van der Waals surface area contributed by atoms with Crippen molar-refractivity contribution < 1.29 is 38.9 Å². The lowest BCUT2D eigenvalue weighted by molar-refractivity contribution is 0.364. The molecule has 0 bridgehead atoms. The lowest BCUT2D eigenvalue weighted by atomic mass is 9.92. The molecule has 0 aliphatic heterocycles. The van der Waals surface area contributed by atoms with Gasteiger partial charge in [-0.2, -0.15) is 75.8 Å². The van der Waals surface area contributed by atoms with E-state index in [2.05, 4.69) is 50.5 Å². The van der Waals surface area contributed by atoms with Crippen LogP contribution in [0.15, 0.2) is 0 Å². The molecule has 4 unspecified atom stereocenters. The minimum Gasteiger partial charge on any atom is -0.285 e. The minimum absolute atomic E-state index is 0.0747. The summed E-state index contributed by atoms with van der Waals surface area (Å²) in [5.41, 5.74) is 0. The second kappa shape index (κ2) is 13.0. The predicted molar refractivity (Wildman–Crippen MR) is 127 cm³/mol. The molecule has 29 heavy (non-hydrogen) atoms. The standard InChI is InChI=1S/C13H28O9S7/c14-27(15,16)11(5-9(7-25)12(1-3-23)28(17,18)19)6-10(8-26)13(2-4-24)29(20,21)22/h9-13,23-26H,1-8H2,(H,14,15,16)(H,17,18,19)(H,20,21,22). The molecule has 0 aliphatic rings. The first-order valence-electron chi connectivity index (χ1n) is 8.45. The van der Waals surface area contributed by atoms with E-state index in [-0.39, 0.29) is 35.9 Å². The Morgan fingerprint density at radius 2 is 0.897 bits per heavy atom. The molecule has 0 saturated carbocycles. The van der Waals surface area contributed by atoms with Crippen molar-refractivity contribution in [2.75, 3.05) is 23.0 Å². The lowest BCUT2D eigenvalue weighted by Crippen LogP contribution is -2.39. The molecule has 0 heterocycles. The molecular formula is C13H28O9S7. The highest BCUT2D eigenvalue weighted by Gasteiger charge is 2.39. The van der Waals surface area contributed by atoms with E-state index in [1.807, 2.05) is 0 Å². The van der Waals surface area contributed by atoms with Gasteiger partial charge in [0.2, 0.25) is 0 Å². The Morgan fingerprint density at radius 1 is 0.586 bits per heavy atom. The van der Waals surface area contributed by atoms with Crippen molar-refractivity contribution >= 4 is 80.9 Å². The predicted octanol–water partition coefficient (Wildman–Crippen LogP) is 1.27. The zero-order valence-corrected chi connectivity index (χ0v) is 21.4. The zero-order chi connectivity index (χ0) is 23.0. The van der Waals surface area contributed by atoms with Gasteiger partial charge in [0.1, 0.15) is 0 Å². The van der Waals surface area contributed by atoms with Gasteiger partial charge in [-0.15, -0.1) is 0 Å². The van der Waals surface area contributed by atoms with E-state index in [1.165, 1.54) is 0 Å². The fraction of sp³-hybridized carbons (Fsp3) is 1.00. The summed E-state index contributed by atoms with van der Waals surface area (Å²) >= 11 is 16.0. The molecule has 9 nitrogen and oxygen atoms in total. The third-order valence-corrected chi connectivity index (χ3v) is 10.1. The van der Waals surface area contributed by atoms with Crippen molar-refractivity contribution in [2.24, 2.45) is 11.8 Å². The van der Waals surface area contributed by atoms with Crippen LogP contribution in [0.5, 0.6) is 0 Å². The second-order valence-corrected chi connectivity index (χ2v) is 13.2. The molecule has 176 valence electrons. The van der Waals surface area contributed by atoms with Gasteiger partial charge in [0.25, 0.3) is 30.4 Å². The van der Waals surface area contributed by atoms with E-state index in [0.717, 1.165) is 0 Å². The average molecular weight is 553 g/mol. The van der Waals surface area contributed by atoms with Crippen molar-refractivity contribution in [1.29, 1.82) is 0 Å². The number of thiol groups is 4. The van der Waals surface area contributed by atoms with Crippen LogP contribution in [0.3, 0.4) is 0 Å². The topological polar surface area (TPSA) is 163 Å². The molecule has 4 atom stereocenters. The Labute approximate surface area is 195 Å². The van der Waals surface area contributed by atoms with Gasteiger partial charge in [-0.05, 0) is 60.5 Å². The Bertz CT molecular complexity index is 742. The summed E-state index contributed by atoms with van der Waals surface area (Å²) in [5, 5.41) is -4.26. The maximum Gasteiger partial charge on any atom is 0.268 e. The van der Waals surface area contributed by atoms with Crippen LogP contribution in [-0.4, -0.2) is 77.7 Å². The molecule has 0 fully saturated rings. The second-order valence-electron chi connectivity index (χ2n) is 6.63. The molecular weight excluding hydrogens is 525 g/mol. The van der Waals surface area contributed by atoms with Gasteiger partial charge < -0.3 is 0 Å². The molecule has 0 aromatic heterocycles. The maximum absolute atomic E-state index is 11.9. The van der Waals surface area contributed by atoms with Crippen LogP contribution in [0, 0.1) is 11.8 Å².